The van der Waals surface area contributed by atoms with Gasteiger partial charge < -0.3 is 10.4 Å². The predicted octanol–water partition coefficient (Wildman–Crippen LogP) is 3.00. The predicted molar refractivity (Wildman–Crippen MR) is 78.0 cm³/mol. The Balaban J connectivity index is 2.15. The number of rotatable bonds is 5. The number of amides is 1. The number of aryl methyl sites for hydroxylation is 1. The minimum absolute atomic E-state index is 0.127. The normalized spacial score (nSPS) is 11.8. The fourth-order valence-corrected chi connectivity index (χ4v) is 2.69. The number of carbonyl (C=O) groups excluding carboxylic acids is 1. The molecular weight excluding hydrogens is 274 g/mol. The van der Waals surface area contributed by atoms with Crippen molar-refractivity contribution >= 4 is 23.2 Å². The maximum Gasteiger partial charge on any atom is 0.305 e. The van der Waals surface area contributed by atoms with Gasteiger partial charge in [-0.1, -0.05) is 23.8 Å². The molecule has 2 rings (SSSR count). The molecule has 1 aromatic carbocycles. The monoisotopic (exact) mass is 289 g/mol. The van der Waals surface area contributed by atoms with Crippen LogP contribution in [0, 0.1) is 6.92 Å². The van der Waals surface area contributed by atoms with Gasteiger partial charge in [-0.3, -0.25) is 9.59 Å². The quantitative estimate of drug-likeness (QED) is 0.889. The van der Waals surface area contributed by atoms with E-state index in [4.69, 9.17) is 5.11 Å². The first-order chi connectivity index (χ1) is 9.56. The second-order valence-corrected chi connectivity index (χ2v) is 5.49. The van der Waals surface area contributed by atoms with E-state index < -0.39 is 12.0 Å². The molecule has 1 heterocycles. The topological polar surface area (TPSA) is 66.4 Å². The van der Waals surface area contributed by atoms with Crippen molar-refractivity contribution in [1.29, 1.82) is 0 Å². The Bertz CT molecular complexity index is 607. The number of nitrogens with one attached hydrogen (secondary N) is 1. The van der Waals surface area contributed by atoms with Gasteiger partial charge in [-0.25, -0.2) is 0 Å². The fourth-order valence-electron chi connectivity index (χ4n) is 1.91. The van der Waals surface area contributed by atoms with Crippen LogP contribution in [0.3, 0.4) is 0 Å². The highest BCUT2D eigenvalue weighted by Crippen LogP contribution is 2.22. The average Bonchev–Trinajstić information content (AvgIpc) is 2.91. The summed E-state index contributed by atoms with van der Waals surface area (Å²) >= 11 is 1.44. The lowest BCUT2D eigenvalue weighted by atomic mass is 10.1. The highest BCUT2D eigenvalue weighted by Gasteiger charge is 2.19. The maximum atomic E-state index is 12.2. The molecule has 0 aliphatic rings. The molecule has 104 valence electrons. The fraction of sp³-hybridized carbons (Fsp3) is 0.200. The molecule has 0 fully saturated rings. The number of aliphatic carboxylic acids is 1. The van der Waals surface area contributed by atoms with E-state index in [2.05, 4.69) is 5.32 Å². The number of thiophene rings is 1. The zero-order chi connectivity index (χ0) is 14.5. The molecule has 1 amide bonds. The summed E-state index contributed by atoms with van der Waals surface area (Å²) in [5.74, 6) is -1.19. The summed E-state index contributed by atoms with van der Waals surface area (Å²) < 4.78 is 0. The minimum Gasteiger partial charge on any atom is -0.481 e. The first kappa shape index (κ1) is 14.3. The van der Waals surface area contributed by atoms with Gasteiger partial charge >= 0.3 is 5.97 Å². The van der Waals surface area contributed by atoms with Crippen LogP contribution in [0.15, 0.2) is 41.8 Å². The molecular formula is C15H15NO3S. The summed E-state index contributed by atoms with van der Waals surface area (Å²) in [6.07, 6.45) is -0.127. The first-order valence-electron chi connectivity index (χ1n) is 6.19. The maximum absolute atomic E-state index is 12.2. The standard InChI is InChI=1S/C15H15NO3S/c1-10-4-2-5-11(8-10)15(19)16-12(9-14(17)18)13-6-3-7-20-13/h2-8,12H,9H2,1H3,(H,16,19)(H,17,18). The van der Waals surface area contributed by atoms with Gasteiger partial charge in [-0.15, -0.1) is 11.3 Å². The van der Waals surface area contributed by atoms with Crippen molar-refractivity contribution in [2.24, 2.45) is 0 Å². The van der Waals surface area contributed by atoms with Crippen molar-refractivity contribution in [3.8, 4) is 0 Å². The summed E-state index contributed by atoms with van der Waals surface area (Å²) in [6, 6.07) is 10.4. The first-order valence-corrected chi connectivity index (χ1v) is 7.07. The summed E-state index contributed by atoms with van der Waals surface area (Å²) in [4.78, 5) is 24.0. The van der Waals surface area contributed by atoms with Crippen molar-refractivity contribution in [3.63, 3.8) is 0 Å². The van der Waals surface area contributed by atoms with Crippen LogP contribution < -0.4 is 5.32 Å². The second-order valence-electron chi connectivity index (χ2n) is 4.51. The molecule has 1 atom stereocenters. The SMILES string of the molecule is Cc1cccc(C(=O)NC(CC(=O)O)c2cccs2)c1. The summed E-state index contributed by atoms with van der Waals surface area (Å²) in [6.45, 7) is 1.91. The van der Waals surface area contributed by atoms with Crippen molar-refractivity contribution in [2.75, 3.05) is 0 Å². The number of hydrogen-bond acceptors (Lipinski definition) is 3. The highest BCUT2D eigenvalue weighted by molar-refractivity contribution is 7.10. The van der Waals surface area contributed by atoms with Gasteiger partial charge in [0.25, 0.3) is 5.91 Å². The van der Waals surface area contributed by atoms with Crippen LogP contribution in [0.4, 0.5) is 0 Å². The third-order valence-corrected chi connectivity index (χ3v) is 3.84. The summed E-state index contributed by atoms with van der Waals surface area (Å²) in [5, 5.41) is 13.6. The largest absolute Gasteiger partial charge is 0.481 e. The van der Waals surface area contributed by atoms with E-state index in [0.29, 0.717) is 5.56 Å². The van der Waals surface area contributed by atoms with Crippen LogP contribution in [0.1, 0.15) is 33.3 Å². The minimum atomic E-state index is -0.937. The molecule has 0 spiro atoms. The number of carboxylic acids is 1. The number of hydrogen-bond donors (Lipinski definition) is 2. The molecule has 0 saturated carbocycles. The van der Waals surface area contributed by atoms with E-state index in [9.17, 15) is 9.59 Å². The van der Waals surface area contributed by atoms with Gasteiger partial charge in [0.05, 0.1) is 12.5 Å². The van der Waals surface area contributed by atoms with Crippen LogP contribution >= 0.6 is 11.3 Å². The lowest BCUT2D eigenvalue weighted by Gasteiger charge is -2.15. The highest BCUT2D eigenvalue weighted by atomic mass is 32.1. The molecule has 0 saturated heterocycles. The Morgan fingerprint density at radius 1 is 1.30 bits per heavy atom. The van der Waals surface area contributed by atoms with Crippen LogP contribution in [0.25, 0.3) is 0 Å². The molecule has 1 unspecified atom stereocenters. The van der Waals surface area contributed by atoms with Crippen LogP contribution in [-0.4, -0.2) is 17.0 Å². The molecule has 2 N–H and O–H groups in total. The Kier molecular flexibility index (Phi) is 4.53. The Morgan fingerprint density at radius 2 is 2.10 bits per heavy atom. The number of carbonyl (C=O) groups is 2. The molecule has 0 radical (unpaired) electrons. The number of carboxylic acid groups (broad SMARTS) is 1. The number of benzene rings is 1. The van der Waals surface area contributed by atoms with Crippen molar-refractivity contribution < 1.29 is 14.7 Å². The van der Waals surface area contributed by atoms with Crippen molar-refractivity contribution in [2.45, 2.75) is 19.4 Å². The van der Waals surface area contributed by atoms with E-state index in [1.165, 1.54) is 11.3 Å². The second kappa shape index (κ2) is 6.34. The molecule has 4 nitrogen and oxygen atoms in total. The van der Waals surface area contributed by atoms with E-state index in [-0.39, 0.29) is 12.3 Å². The van der Waals surface area contributed by atoms with Crippen LogP contribution in [-0.2, 0) is 4.79 Å². The van der Waals surface area contributed by atoms with Gasteiger partial charge in [0, 0.05) is 10.4 Å². The van der Waals surface area contributed by atoms with Crippen molar-refractivity contribution in [1.82, 2.24) is 5.32 Å². The van der Waals surface area contributed by atoms with Gasteiger partial charge in [-0.2, -0.15) is 0 Å². The molecule has 0 aliphatic heterocycles. The zero-order valence-electron chi connectivity index (χ0n) is 11.0. The van der Waals surface area contributed by atoms with Crippen LogP contribution in [0.5, 0.6) is 0 Å². The summed E-state index contributed by atoms with van der Waals surface area (Å²) in [7, 11) is 0. The van der Waals surface area contributed by atoms with Gasteiger partial charge in [0.2, 0.25) is 0 Å². The molecule has 0 bridgehead atoms. The molecule has 2 aromatic rings. The van der Waals surface area contributed by atoms with E-state index in [1.54, 1.807) is 12.1 Å². The zero-order valence-corrected chi connectivity index (χ0v) is 11.8. The molecule has 20 heavy (non-hydrogen) atoms. The summed E-state index contributed by atoms with van der Waals surface area (Å²) in [5.41, 5.74) is 1.53. The molecule has 5 heteroatoms. The average molecular weight is 289 g/mol. The Morgan fingerprint density at radius 3 is 2.70 bits per heavy atom. The molecule has 1 aromatic heterocycles. The lowest BCUT2D eigenvalue weighted by molar-refractivity contribution is -0.137. The van der Waals surface area contributed by atoms with Crippen LogP contribution in [0.2, 0.25) is 0 Å². The third kappa shape index (κ3) is 3.68. The smallest absolute Gasteiger partial charge is 0.305 e. The third-order valence-electron chi connectivity index (χ3n) is 2.85. The lowest BCUT2D eigenvalue weighted by Crippen LogP contribution is -2.29. The molecule has 0 aliphatic carbocycles. The van der Waals surface area contributed by atoms with E-state index >= 15 is 0 Å². The van der Waals surface area contributed by atoms with Gasteiger partial charge in [0.1, 0.15) is 0 Å². The van der Waals surface area contributed by atoms with Gasteiger partial charge in [0.15, 0.2) is 0 Å². The van der Waals surface area contributed by atoms with Crippen molar-refractivity contribution in [3.05, 3.63) is 57.8 Å². The van der Waals surface area contributed by atoms with E-state index in [0.717, 1.165) is 10.4 Å². The Hall–Kier alpha value is -2.14. The van der Waals surface area contributed by atoms with Gasteiger partial charge in [-0.05, 0) is 30.5 Å². The Labute approximate surface area is 121 Å². The van der Waals surface area contributed by atoms with E-state index in [1.807, 2.05) is 36.6 Å².